The zero-order chi connectivity index (χ0) is 11.0. The molecule has 0 radical (unpaired) electrons. The highest BCUT2D eigenvalue weighted by Crippen LogP contribution is 2.21. The number of carbonyl (C=O) groups excluding carboxylic acids is 1. The maximum atomic E-state index is 11.3. The molecular formula is C12H25NO. The van der Waals surface area contributed by atoms with Gasteiger partial charge in [-0.25, -0.2) is 0 Å². The highest BCUT2D eigenvalue weighted by atomic mass is 16.2. The lowest BCUT2D eigenvalue weighted by molar-refractivity contribution is -0.134. The molecule has 1 amide bonds. The Morgan fingerprint density at radius 3 is 2.50 bits per heavy atom. The van der Waals surface area contributed by atoms with E-state index >= 15 is 0 Å². The van der Waals surface area contributed by atoms with Crippen LogP contribution in [0.1, 0.15) is 53.4 Å². The van der Waals surface area contributed by atoms with Gasteiger partial charge in [0.15, 0.2) is 0 Å². The van der Waals surface area contributed by atoms with Crippen LogP contribution in [0.25, 0.3) is 0 Å². The summed E-state index contributed by atoms with van der Waals surface area (Å²) in [5, 5.41) is 0. The van der Waals surface area contributed by atoms with Gasteiger partial charge in [-0.1, -0.05) is 27.2 Å². The molecule has 1 heterocycles. The minimum Gasteiger partial charge on any atom is -0.343 e. The Balaban J connectivity index is 0.000000791. The van der Waals surface area contributed by atoms with Crippen LogP contribution in [0.2, 0.25) is 0 Å². The average molecular weight is 199 g/mol. The van der Waals surface area contributed by atoms with Crippen LogP contribution in [0, 0.1) is 5.92 Å². The molecule has 0 aliphatic carbocycles. The van der Waals surface area contributed by atoms with E-state index < -0.39 is 0 Å². The Morgan fingerprint density at radius 1 is 1.36 bits per heavy atom. The summed E-state index contributed by atoms with van der Waals surface area (Å²) in [7, 11) is 0. The molecule has 0 N–H and O–H groups in total. The summed E-state index contributed by atoms with van der Waals surface area (Å²) in [6.45, 7) is 10.2. The van der Waals surface area contributed by atoms with Crippen molar-refractivity contribution in [2.45, 2.75) is 53.4 Å². The molecule has 84 valence electrons. The van der Waals surface area contributed by atoms with Gasteiger partial charge in [0.1, 0.15) is 0 Å². The standard InChI is InChI=1S/C10H19NO.C2H6/c1-3-5-9-6-7-10(12)11(4-2)8-9;1-2/h9H,3-8H2,1-2H3;1-2H3. The molecule has 1 fully saturated rings. The van der Waals surface area contributed by atoms with Crippen LogP contribution in [0.4, 0.5) is 0 Å². The van der Waals surface area contributed by atoms with Gasteiger partial charge in [0.2, 0.25) is 5.91 Å². The van der Waals surface area contributed by atoms with Crippen molar-refractivity contribution in [1.29, 1.82) is 0 Å². The van der Waals surface area contributed by atoms with E-state index in [1.54, 1.807) is 0 Å². The fraction of sp³-hybridized carbons (Fsp3) is 0.917. The highest BCUT2D eigenvalue weighted by Gasteiger charge is 2.23. The fourth-order valence-electron chi connectivity index (χ4n) is 1.94. The van der Waals surface area contributed by atoms with Gasteiger partial charge in [-0.15, -0.1) is 0 Å². The van der Waals surface area contributed by atoms with Crippen molar-refractivity contribution in [2.24, 2.45) is 5.92 Å². The predicted octanol–water partition coefficient (Wildman–Crippen LogP) is 3.07. The largest absolute Gasteiger partial charge is 0.343 e. The van der Waals surface area contributed by atoms with Gasteiger partial charge in [0.05, 0.1) is 0 Å². The molecule has 0 aromatic heterocycles. The number of hydrogen-bond donors (Lipinski definition) is 0. The van der Waals surface area contributed by atoms with Gasteiger partial charge in [0, 0.05) is 19.5 Å². The fourth-order valence-corrected chi connectivity index (χ4v) is 1.94. The van der Waals surface area contributed by atoms with E-state index in [-0.39, 0.29) is 0 Å². The Morgan fingerprint density at radius 2 is 2.00 bits per heavy atom. The molecule has 1 rings (SSSR count). The molecule has 2 nitrogen and oxygen atoms in total. The van der Waals surface area contributed by atoms with E-state index in [1.807, 2.05) is 18.7 Å². The third-order valence-electron chi connectivity index (χ3n) is 2.68. The van der Waals surface area contributed by atoms with Crippen LogP contribution in [0.15, 0.2) is 0 Å². The number of amides is 1. The quantitative estimate of drug-likeness (QED) is 0.684. The number of piperidine rings is 1. The first-order chi connectivity index (χ1) is 6.77. The van der Waals surface area contributed by atoms with Crippen LogP contribution in [0.5, 0.6) is 0 Å². The van der Waals surface area contributed by atoms with E-state index in [4.69, 9.17) is 0 Å². The van der Waals surface area contributed by atoms with Crippen molar-refractivity contribution in [2.75, 3.05) is 13.1 Å². The summed E-state index contributed by atoms with van der Waals surface area (Å²) >= 11 is 0. The number of hydrogen-bond acceptors (Lipinski definition) is 1. The van der Waals surface area contributed by atoms with Crippen molar-refractivity contribution < 1.29 is 4.79 Å². The molecule has 0 spiro atoms. The smallest absolute Gasteiger partial charge is 0.222 e. The van der Waals surface area contributed by atoms with Gasteiger partial charge in [-0.3, -0.25) is 4.79 Å². The van der Waals surface area contributed by atoms with Crippen molar-refractivity contribution >= 4 is 5.91 Å². The molecule has 0 aromatic rings. The van der Waals surface area contributed by atoms with E-state index in [9.17, 15) is 4.79 Å². The second-order valence-corrected chi connectivity index (χ2v) is 3.63. The van der Waals surface area contributed by atoms with Crippen LogP contribution in [-0.2, 0) is 4.79 Å². The number of rotatable bonds is 3. The van der Waals surface area contributed by atoms with Crippen molar-refractivity contribution in [3.05, 3.63) is 0 Å². The maximum absolute atomic E-state index is 11.3. The molecule has 0 saturated carbocycles. The molecule has 0 bridgehead atoms. The lowest BCUT2D eigenvalue weighted by Gasteiger charge is -2.31. The first-order valence-electron chi connectivity index (χ1n) is 6.05. The summed E-state index contributed by atoms with van der Waals surface area (Å²) in [4.78, 5) is 13.3. The Labute approximate surface area is 88.7 Å². The van der Waals surface area contributed by atoms with Crippen LogP contribution < -0.4 is 0 Å². The summed E-state index contributed by atoms with van der Waals surface area (Å²) in [6, 6.07) is 0. The second-order valence-electron chi connectivity index (χ2n) is 3.63. The zero-order valence-corrected chi connectivity index (χ0v) is 10.2. The molecule has 1 atom stereocenters. The molecule has 1 unspecified atom stereocenters. The first-order valence-corrected chi connectivity index (χ1v) is 6.05. The lowest BCUT2D eigenvalue weighted by Crippen LogP contribution is -2.39. The molecule has 0 aromatic carbocycles. The van der Waals surface area contributed by atoms with Crippen molar-refractivity contribution in [3.63, 3.8) is 0 Å². The molecule has 1 aliphatic rings. The number of carbonyl (C=O) groups is 1. The summed E-state index contributed by atoms with van der Waals surface area (Å²) in [5.74, 6) is 1.12. The van der Waals surface area contributed by atoms with Gasteiger partial charge in [0.25, 0.3) is 0 Å². The minimum absolute atomic E-state index is 0.352. The van der Waals surface area contributed by atoms with Crippen LogP contribution >= 0.6 is 0 Å². The SMILES string of the molecule is CC.CCCC1CCC(=O)N(CC)C1. The number of nitrogens with zero attached hydrogens (tertiary/aromatic N) is 1. The van der Waals surface area contributed by atoms with E-state index in [0.29, 0.717) is 5.91 Å². The van der Waals surface area contributed by atoms with Crippen LogP contribution in [-0.4, -0.2) is 23.9 Å². The molecule has 14 heavy (non-hydrogen) atoms. The highest BCUT2D eigenvalue weighted by molar-refractivity contribution is 5.76. The summed E-state index contributed by atoms with van der Waals surface area (Å²) in [6.07, 6.45) is 4.42. The summed E-state index contributed by atoms with van der Waals surface area (Å²) in [5.41, 5.74) is 0. The van der Waals surface area contributed by atoms with Crippen molar-refractivity contribution in [3.8, 4) is 0 Å². The normalized spacial score (nSPS) is 21.6. The predicted molar refractivity (Wildman–Crippen MR) is 61.2 cm³/mol. The van der Waals surface area contributed by atoms with Crippen LogP contribution in [0.3, 0.4) is 0 Å². The molecule has 1 saturated heterocycles. The van der Waals surface area contributed by atoms with E-state index in [1.165, 1.54) is 12.8 Å². The molecular weight excluding hydrogens is 174 g/mol. The maximum Gasteiger partial charge on any atom is 0.222 e. The van der Waals surface area contributed by atoms with Gasteiger partial charge in [-0.05, 0) is 25.7 Å². The van der Waals surface area contributed by atoms with Crippen molar-refractivity contribution in [1.82, 2.24) is 4.90 Å². The lowest BCUT2D eigenvalue weighted by atomic mass is 9.93. The monoisotopic (exact) mass is 199 g/mol. The third-order valence-corrected chi connectivity index (χ3v) is 2.68. The van der Waals surface area contributed by atoms with E-state index in [0.717, 1.165) is 31.8 Å². The molecule has 2 heteroatoms. The molecule has 1 aliphatic heterocycles. The summed E-state index contributed by atoms with van der Waals surface area (Å²) < 4.78 is 0. The number of likely N-dealkylation sites (tertiary alicyclic amines) is 1. The Bertz CT molecular complexity index is 156. The Hall–Kier alpha value is -0.530. The van der Waals surface area contributed by atoms with Gasteiger partial charge in [-0.2, -0.15) is 0 Å². The van der Waals surface area contributed by atoms with Gasteiger partial charge >= 0.3 is 0 Å². The first kappa shape index (κ1) is 13.5. The van der Waals surface area contributed by atoms with E-state index in [2.05, 4.69) is 13.8 Å². The third kappa shape index (κ3) is 4.12. The average Bonchev–Trinajstić information content (AvgIpc) is 2.24. The van der Waals surface area contributed by atoms with Gasteiger partial charge < -0.3 is 4.90 Å². The minimum atomic E-state index is 0.352. The zero-order valence-electron chi connectivity index (χ0n) is 10.2. The Kier molecular flexibility index (Phi) is 7.54. The topological polar surface area (TPSA) is 20.3 Å². The second kappa shape index (κ2) is 7.84.